The number of likely N-dealkylation sites (N-methyl/N-ethyl adjacent to an activating group) is 1. The molecule has 7 nitrogen and oxygen atoms in total. The summed E-state index contributed by atoms with van der Waals surface area (Å²) < 4.78 is 41.9. The number of nitrogens with zero attached hydrogens (tertiary/aromatic N) is 4. The second-order valence-corrected chi connectivity index (χ2v) is 8.08. The number of aryl methyl sites for hydroxylation is 1. The van der Waals surface area contributed by atoms with Gasteiger partial charge < -0.3 is 15.3 Å². The number of hydrogen-bond acceptors (Lipinski definition) is 5. The van der Waals surface area contributed by atoms with Crippen LogP contribution < -0.4 is 10.2 Å². The Labute approximate surface area is 205 Å². The van der Waals surface area contributed by atoms with E-state index in [2.05, 4.69) is 27.2 Å². The van der Waals surface area contributed by atoms with Gasteiger partial charge in [-0.3, -0.25) is 4.79 Å². The molecule has 0 aliphatic carbocycles. The first-order valence-corrected chi connectivity index (χ1v) is 10.9. The van der Waals surface area contributed by atoms with Gasteiger partial charge >= 0.3 is 6.18 Å². The van der Waals surface area contributed by atoms with Crippen LogP contribution in [0.15, 0.2) is 60.9 Å². The average Bonchev–Trinajstić information content (AvgIpc) is 3.26. The normalized spacial score (nSPS) is 11.2. The van der Waals surface area contributed by atoms with Crippen molar-refractivity contribution < 1.29 is 23.1 Å². The molecule has 2 aromatic heterocycles. The molecule has 4 rings (SSSR count). The third kappa shape index (κ3) is 5.47. The van der Waals surface area contributed by atoms with Crippen molar-refractivity contribution in [3.8, 4) is 11.8 Å². The summed E-state index contributed by atoms with van der Waals surface area (Å²) in [5.41, 5.74) is 2.17. The summed E-state index contributed by atoms with van der Waals surface area (Å²) in [5, 5.41) is 15.9. The predicted molar refractivity (Wildman–Crippen MR) is 130 cm³/mol. The Morgan fingerprint density at radius 3 is 2.72 bits per heavy atom. The Morgan fingerprint density at radius 2 is 1.97 bits per heavy atom. The number of carbonyl (C=O) groups is 1. The SMILES string of the molecule is Cc1ccc(C(=O)Nc2cc(N(C)CCO)cc(C(F)(F)F)c2)cc1C#Cc1cnc2cccnn12. The summed E-state index contributed by atoms with van der Waals surface area (Å²) in [5.74, 6) is 5.45. The molecule has 10 heteroatoms. The minimum Gasteiger partial charge on any atom is -0.395 e. The number of amides is 1. The lowest BCUT2D eigenvalue weighted by molar-refractivity contribution is -0.137. The van der Waals surface area contributed by atoms with Crippen molar-refractivity contribution in [1.29, 1.82) is 0 Å². The third-order valence-corrected chi connectivity index (χ3v) is 5.48. The van der Waals surface area contributed by atoms with E-state index in [9.17, 15) is 18.0 Å². The zero-order valence-corrected chi connectivity index (χ0v) is 19.5. The molecule has 0 bridgehead atoms. The molecule has 0 radical (unpaired) electrons. The molecule has 4 aromatic rings. The quantitative estimate of drug-likeness (QED) is 0.409. The van der Waals surface area contributed by atoms with E-state index >= 15 is 0 Å². The Balaban J connectivity index is 1.62. The summed E-state index contributed by atoms with van der Waals surface area (Å²) in [6.45, 7) is 1.75. The maximum atomic E-state index is 13.4. The molecule has 0 aliphatic heterocycles. The van der Waals surface area contributed by atoms with Crippen LogP contribution in [0.5, 0.6) is 0 Å². The number of anilines is 2. The first-order valence-electron chi connectivity index (χ1n) is 10.9. The Kier molecular flexibility index (Phi) is 6.94. The standard InChI is InChI=1S/C26H22F3N5O2/c1-17-5-6-19(12-18(17)7-8-22-16-30-24-4-3-9-31-34(22)24)25(36)32-21-13-20(26(27,28)29)14-23(15-21)33(2)10-11-35/h3-6,9,12-16,35H,10-11H2,1-2H3,(H,32,36). The summed E-state index contributed by atoms with van der Waals surface area (Å²) in [7, 11) is 1.56. The molecule has 2 heterocycles. The molecule has 0 saturated heterocycles. The number of fused-ring (bicyclic) bond motifs is 1. The average molecular weight is 493 g/mol. The van der Waals surface area contributed by atoms with Crippen LogP contribution in [0.1, 0.15) is 32.7 Å². The van der Waals surface area contributed by atoms with Gasteiger partial charge in [0.2, 0.25) is 0 Å². The molecular formula is C26H22F3N5O2. The number of imidazole rings is 1. The van der Waals surface area contributed by atoms with Crippen LogP contribution >= 0.6 is 0 Å². The minimum atomic E-state index is -4.60. The van der Waals surface area contributed by atoms with Crippen molar-refractivity contribution in [3.05, 3.63) is 88.9 Å². The maximum absolute atomic E-state index is 13.4. The van der Waals surface area contributed by atoms with Gasteiger partial charge in [0.05, 0.1) is 18.4 Å². The van der Waals surface area contributed by atoms with Crippen molar-refractivity contribution in [3.63, 3.8) is 0 Å². The van der Waals surface area contributed by atoms with Crippen LogP contribution in [-0.2, 0) is 6.18 Å². The molecular weight excluding hydrogens is 471 g/mol. The Morgan fingerprint density at radius 1 is 1.17 bits per heavy atom. The highest BCUT2D eigenvalue weighted by Gasteiger charge is 2.31. The van der Waals surface area contributed by atoms with Crippen LogP contribution in [0, 0.1) is 18.8 Å². The van der Waals surface area contributed by atoms with Crippen molar-refractivity contribution in [2.45, 2.75) is 13.1 Å². The van der Waals surface area contributed by atoms with Crippen molar-refractivity contribution in [1.82, 2.24) is 14.6 Å². The number of aromatic nitrogens is 3. The topological polar surface area (TPSA) is 82.8 Å². The maximum Gasteiger partial charge on any atom is 0.416 e. The van der Waals surface area contributed by atoms with Gasteiger partial charge in [-0.05, 0) is 60.9 Å². The van der Waals surface area contributed by atoms with Crippen molar-refractivity contribution >= 4 is 22.9 Å². The highest BCUT2D eigenvalue weighted by atomic mass is 19.4. The first kappa shape index (κ1) is 24.8. The van der Waals surface area contributed by atoms with E-state index in [0.29, 0.717) is 16.9 Å². The molecule has 0 spiro atoms. The fraction of sp³-hybridized carbons (Fsp3) is 0.192. The van der Waals surface area contributed by atoms with Gasteiger partial charge in [0.25, 0.3) is 5.91 Å². The highest BCUT2D eigenvalue weighted by molar-refractivity contribution is 6.04. The van der Waals surface area contributed by atoms with Crippen molar-refractivity contribution in [2.75, 3.05) is 30.4 Å². The molecule has 0 fully saturated rings. The lowest BCUT2D eigenvalue weighted by atomic mass is 10.0. The molecule has 0 atom stereocenters. The number of aliphatic hydroxyl groups is 1. The number of rotatable bonds is 5. The number of halogens is 3. The molecule has 2 aromatic carbocycles. The van der Waals surface area contributed by atoms with Gasteiger partial charge in [-0.2, -0.15) is 18.3 Å². The Hall–Kier alpha value is -4.36. The largest absolute Gasteiger partial charge is 0.416 e. The number of benzene rings is 2. The monoisotopic (exact) mass is 493 g/mol. The van der Waals surface area contributed by atoms with Gasteiger partial charge in [-0.25, -0.2) is 9.50 Å². The van der Waals surface area contributed by atoms with Gasteiger partial charge in [0.15, 0.2) is 5.65 Å². The first-order chi connectivity index (χ1) is 17.2. The highest BCUT2D eigenvalue weighted by Crippen LogP contribution is 2.34. The molecule has 184 valence electrons. The van der Waals surface area contributed by atoms with Crippen LogP contribution in [0.4, 0.5) is 24.5 Å². The molecule has 2 N–H and O–H groups in total. The van der Waals surface area contributed by atoms with Gasteiger partial charge in [0.1, 0.15) is 5.69 Å². The lowest BCUT2D eigenvalue weighted by Crippen LogP contribution is -2.22. The third-order valence-electron chi connectivity index (χ3n) is 5.48. The van der Waals surface area contributed by atoms with E-state index in [1.807, 2.05) is 6.92 Å². The minimum absolute atomic E-state index is 0.0142. The van der Waals surface area contributed by atoms with Gasteiger partial charge in [-0.1, -0.05) is 12.0 Å². The zero-order chi connectivity index (χ0) is 25.9. The fourth-order valence-electron chi connectivity index (χ4n) is 3.49. The molecule has 1 amide bonds. The molecule has 0 aliphatic rings. The van der Waals surface area contributed by atoms with E-state index in [1.165, 1.54) is 11.0 Å². The zero-order valence-electron chi connectivity index (χ0n) is 19.5. The van der Waals surface area contributed by atoms with Crippen LogP contribution in [0.25, 0.3) is 5.65 Å². The summed E-state index contributed by atoms with van der Waals surface area (Å²) >= 11 is 0. The summed E-state index contributed by atoms with van der Waals surface area (Å²) in [6, 6.07) is 11.7. The predicted octanol–water partition coefficient (Wildman–Crippen LogP) is 4.14. The van der Waals surface area contributed by atoms with Crippen molar-refractivity contribution in [2.24, 2.45) is 0 Å². The van der Waals surface area contributed by atoms with Crippen LogP contribution in [0.2, 0.25) is 0 Å². The number of hydrogen-bond donors (Lipinski definition) is 2. The number of alkyl halides is 3. The fourth-order valence-corrected chi connectivity index (χ4v) is 3.49. The molecule has 0 unspecified atom stereocenters. The van der Waals surface area contributed by atoms with E-state index in [0.717, 1.165) is 17.7 Å². The number of carbonyl (C=O) groups excluding carboxylic acids is 1. The summed E-state index contributed by atoms with van der Waals surface area (Å²) in [4.78, 5) is 18.6. The van der Waals surface area contributed by atoms with E-state index in [1.54, 1.807) is 54.3 Å². The smallest absolute Gasteiger partial charge is 0.395 e. The van der Waals surface area contributed by atoms with E-state index in [-0.39, 0.29) is 30.1 Å². The van der Waals surface area contributed by atoms with Crippen LogP contribution in [-0.4, -0.2) is 45.8 Å². The lowest BCUT2D eigenvalue weighted by Gasteiger charge is -2.21. The second-order valence-electron chi connectivity index (χ2n) is 8.08. The summed E-state index contributed by atoms with van der Waals surface area (Å²) in [6.07, 6.45) is -1.38. The number of nitrogens with one attached hydrogen (secondary N) is 1. The van der Waals surface area contributed by atoms with Crippen LogP contribution in [0.3, 0.4) is 0 Å². The molecule has 0 saturated carbocycles. The van der Waals surface area contributed by atoms with Gasteiger partial charge in [0, 0.05) is 42.3 Å². The number of aliphatic hydroxyl groups excluding tert-OH is 1. The Bertz CT molecular complexity index is 1480. The van der Waals surface area contributed by atoms with E-state index < -0.39 is 17.6 Å². The van der Waals surface area contributed by atoms with Gasteiger partial charge in [-0.15, -0.1) is 0 Å². The molecule has 36 heavy (non-hydrogen) atoms. The van der Waals surface area contributed by atoms with E-state index in [4.69, 9.17) is 5.11 Å². The second kappa shape index (κ2) is 10.1.